The van der Waals surface area contributed by atoms with Crippen molar-refractivity contribution in [3.05, 3.63) is 63.2 Å². The van der Waals surface area contributed by atoms with Gasteiger partial charge >= 0.3 is 0 Å². The molecule has 0 bridgehead atoms. The normalized spacial score (nSPS) is 16.7. The Morgan fingerprint density at radius 3 is 2.80 bits per heavy atom. The van der Waals surface area contributed by atoms with Gasteiger partial charge in [0.15, 0.2) is 22.9 Å². The van der Waals surface area contributed by atoms with Gasteiger partial charge in [0.2, 0.25) is 5.78 Å². The summed E-state index contributed by atoms with van der Waals surface area (Å²) in [5.74, 6) is -0.918. The first kappa shape index (κ1) is 20.2. The van der Waals surface area contributed by atoms with Crippen LogP contribution in [0.4, 0.5) is 0 Å². The van der Waals surface area contributed by atoms with Crippen LogP contribution in [-0.4, -0.2) is 35.4 Å². The van der Waals surface area contributed by atoms with Crippen molar-refractivity contribution in [3.8, 4) is 5.75 Å². The van der Waals surface area contributed by atoms with Crippen LogP contribution in [0.25, 0.3) is 11.0 Å². The fourth-order valence-corrected chi connectivity index (χ4v) is 4.87. The number of methoxy groups -OCH3 is 1. The number of carbonyl (C=O) groups excluding carboxylic acids is 2. The number of hydrogen-bond donors (Lipinski definition) is 1. The van der Waals surface area contributed by atoms with Gasteiger partial charge < -0.3 is 19.2 Å². The van der Waals surface area contributed by atoms with Gasteiger partial charge in [0, 0.05) is 16.8 Å². The van der Waals surface area contributed by atoms with Crippen LogP contribution in [0.15, 0.2) is 51.5 Å². The van der Waals surface area contributed by atoms with Crippen LogP contribution >= 0.6 is 11.3 Å². The number of para-hydroxylation sites is 1. The summed E-state index contributed by atoms with van der Waals surface area (Å²) in [6.07, 6.45) is 1.68. The minimum absolute atomic E-state index is 0.0691. The second-order valence-corrected chi connectivity index (χ2v) is 8.25. The van der Waals surface area contributed by atoms with Gasteiger partial charge in [0.1, 0.15) is 0 Å². The molecular weight excluding hydrogens is 402 g/mol. The van der Waals surface area contributed by atoms with Crippen molar-refractivity contribution in [2.75, 3.05) is 13.7 Å². The summed E-state index contributed by atoms with van der Waals surface area (Å²) in [6.45, 7) is 4.44. The van der Waals surface area contributed by atoms with Crippen molar-refractivity contribution >= 4 is 34.0 Å². The lowest BCUT2D eigenvalue weighted by atomic mass is 9.98. The Bertz CT molecular complexity index is 1160. The largest absolute Gasteiger partial charge is 0.503 e. The Morgan fingerprint density at radius 1 is 1.33 bits per heavy atom. The number of furan rings is 1. The van der Waals surface area contributed by atoms with E-state index in [0.717, 1.165) is 23.3 Å². The van der Waals surface area contributed by atoms with E-state index in [-0.39, 0.29) is 11.3 Å². The number of hydrogen-bond acceptors (Lipinski definition) is 6. The summed E-state index contributed by atoms with van der Waals surface area (Å²) in [6, 6.07) is 8.34. The molecule has 0 spiro atoms. The molecule has 0 saturated heterocycles. The highest BCUT2D eigenvalue weighted by Gasteiger charge is 2.45. The quantitative estimate of drug-likeness (QED) is 0.527. The number of amides is 1. The highest BCUT2D eigenvalue weighted by Crippen LogP contribution is 2.43. The Balaban J connectivity index is 1.81. The second-order valence-electron chi connectivity index (χ2n) is 7.30. The molecule has 0 saturated carbocycles. The zero-order valence-corrected chi connectivity index (χ0v) is 17.9. The maximum atomic E-state index is 13.5. The fourth-order valence-electron chi connectivity index (χ4n) is 3.82. The number of benzene rings is 1. The van der Waals surface area contributed by atoms with Crippen LogP contribution in [0.2, 0.25) is 0 Å². The van der Waals surface area contributed by atoms with Crippen LogP contribution < -0.4 is 4.74 Å². The number of carbonyl (C=O) groups is 2. The van der Waals surface area contributed by atoms with Crippen molar-refractivity contribution in [3.63, 3.8) is 0 Å². The Labute approximate surface area is 178 Å². The molecule has 1 amide bonds. The smallest absolute Gasteiger partial charge is 0.290 e. The van der Waals surface area contributed by atoms with Gasteiger partial charge in [-0.3, -0.25) is 9.59 Å². The monoisotopic (exact) mass is 425 g/mol. The molecule has 1 unspecified atom stereocenters. The average Bonchev–Trinajstić information content (AvgIpc) is 3.43. The fraction of sp³-hybridized carbons (Fsp3) is 0.304. The van der Waals surface area contributed by atoms with Gasteiger partial charge in [0.05, 0.1) is 18.7 Å². The second kappa shape index (κ2) is 7.99. The lowest BCUT2D eigenvalue weighted by Crippen LogP contribution is -2.32. The number of aryl methyl sites for hydroxylation is 1. The zero-order valence-electron chi connectivity index (χ0n) is 17.1. The highest BCUT2D eigenvalue weighted by atomic mass is 32.1. The molecule has 156 valence electrons. The predicted octanol–water partition coefficient (Wildman–Crippen LogP) is 5.19. The zero-order chi connectivity index (χ0) is 21.4. The third-order valence-electron chi connectivity index (χ3n) is 5.40. The van der Waals surface area contributed by atoms with Crippen LogP contribution in [0.1, 0.15) is 46.8 Å². The summed E-state index contributed by atoms with van der Waals surface area (Å²) in [5, 5.41) is 13.3. The molecular formula is C23H23NO5S. The van der Waals surface area contributed by atoms with Crippen molar-refractivity contribution in [1.82, 2.24) is 4.90 Å². The van der Waals surface area contributed by atoms with Crippen molar-refractivity contribution < 1.29 is 23.8 Å². The average molecular weight is 426 g/mol. The van der Waals surface area contributed by atoms with E-state index in [1.54, 1.807) is 17.0 Å². The number of fused-ring (bicyclic) bond motifs is 1. The molecule has 1 aromatic carbocycles. The first-order valence-electron chi connectivity index (χ1n) is 9.87. The molecule has 0 radical (unpaired) electrons. The Kier molecular flexibility index (Phi) is 5.39. The number of thiophene rings is 1. The van der Waals surface area contributed by atoms with Crippen LogP contribution in [0, 0.1) is 6.92 Å². The molecule has 1 aliphatic rings. The predicted molar refractivity (Wildman–Crippen MR) is 115 cm³/mol. The van der Waals surface area contributed by atoms with Crippen molar-refractivity contribution in [1.29, 1.82) is 0 Å². The third-order valence-corrected chi connectivity index (χ3v) is 6.47. The van der Waals surface area contributed by atoms with Crippen molar-refractivity contribution in [2.45, 2.75) is 32.7 Å². The number of Topliss-reactive ketones (excluding diaryl/α,β-unsaturated/α-hetero) is 1. The molecule has 1 aliphatic heterocycles. The summed E-state index contributed by atoms with van der Waals surface area (Å²) in [4.78, 5) is 28.8. The molecule has 3 aromatic rings. The van der Waals surface area contributed by atoms with E-state index in [1.165, 1.54) is 18.4 Å². The maximum absolute atomic E-state index is 13.5. The third kappa shape index (κ3) is 3.19. The molecule has 1 atom stereocenters. The molecule has 3 heterocycles. The number of rotatable bonds is 7. The maximum Gasteiger partial charge on any atom is 0.290 e. The molecule has 4 rings (SSSR count). The van der Waals surface area contributed by atoms with Gasteiger partial charge in [-0.15, -0.1) is 11.3 Å². The molecule has 6 nitrogen and oxygen atoms in total. The minimum Gasteiger partial charge on any atom is -0.503 e. The standard InChI is InChI=1S/C23H23NO5S/c1-4-5-10-24-18(22-13(2)9-11-30-22)17(20(26)23(24)27)19(25)16-12-14-7-6-8-15(28-3)21(14)29-16/h6-9,11-12,18,26H,4-5,10H2,1-3H3. The van der Waals surface area contributed by atoms with E-state index in [9.17, 15) is 14.7 Å². The van der Waals surface area contributed by atoms with E-state index in [0.29, 0.717) is 23.3 Å². The Morgan fingerprint density at radius 2 is 2.13 bits per heavy atom. The van der Waals surface area contributed by atoms with E-state index in [2.05, 4.69) is 0 Å². The van der Waals surface area contributed by atoms with Gasteiger partial charge in [-0.05, 0) is 42.5 Å². The van der Waals surface area contributed by atoms with Crippen LogP contribution in [-0.2, 0) is 4.79 Å². The molecule has 2 aromatic heterocycles. The lowest BCUT2D eigenvalue weighted by molar-refractivity contribution is -0.129. The number of nitrogens with zero attached hydrogens (tertiary/aromatic N) is 1. The van der Waals surface area contributed by atoms with E-state index >= 15 is 0 Å². The van der Waals surface area contributed by atoms with E-state index < -0.39 is 23.5 Å². The number of ketones is 1. The van der Waals surface area contributed by atoms with Gasteiger partial charge in [-0.2, -0.15) is 0 Å². The van der Waals surface area contributed by atoms with Crippen LogP contribution in [0.3, 0.4) is 0 Å². The number of aliphatic hydroxyl groups is 1. The Hall–Kier alpha value is -3.06. The molecule has 1 N–H and O–H groups in total. The summed E-state index contributed by atoms with van der Waals surface area (Å²) in [5.41, 5.74) is 1.50. The molecule has 0 aliphatic carbocycles. The van der Waals surface area contributed by atoms with Gasteiger partial charge in [-0.25, -0.2) is 0 Å². The van der Waals surface area contributed by atoms with Gasteiger partial charge in [0.25, 0.3) is 5.91 Å². The highest BCUT2D eigenvalue weighted by molar-refractivity contribution is 7.10. The summed E-state index contributed by atoms with van der Waals surface area (Å²) in [7, 11) is 1.53. The number of ether oxygens (including phenoxy) is 1. The number of unbranched alkanes of at least 4 members (excludes halogenated alkanes) is 1. The SMILES string of the molecule is CCCCN1C(=O)C(O)=C(C(=O)c2cc3cccc(OC)c3o2)C1c1sccc1C. The molecule has 0 fully saturated rings. The first-order chi connectivity index (χ1) is 14.5. The van der Waals surface area contributed by atoms with Crippen LogP contribution in [0.5, 0.6) is 5.75 Å². The van der Waals surface area contributed by atoms with E-state index in [1.807, 2.05) is 37.4 Å². The number of aliphatic hydroxyl groups excluding tert-OH is 1. The minimum atomic E-state index is -0.619. The molecule has 30 heavy (non-hydrogen) atoms. The topological polar surface area (TPSA) is 80.0 Å². The summed E-state index contributed by atoms with van der Waals surface area (Å²) >= 11 is 1.47. The van der Waals surface area contributed by atoms with Gasteiger partial charge in [-0.1, -0.05) is 25.5 Å². The van der Waals surface area contributed by atoms with E-state index in [4.69, 9.17) is 9.15 Å². The molecule has 7 heteroatoms. The van der Waals surface area contributed by atoms with Crippen molar-refractivity contribution in [2.24, 2.45) is 0 Å². The summed E-state index contributed by atoms with van der Waals surface area (Å²) < 4.78 is 11.1. The first-order valence-corrected chi connectivity index (χ1v) is 10.7. The lowest BCUT2D eigenvalue weighted by Gasteiger charge is -2.26.